The summed E-state index contributed by atoms with van der Waals surface area (Å²) in [6.07, 6.45) is 0.688. The molecule has 184 valence electrons. The second kappa shape index (κ2) is 9.96. The molecule has 2 aromatic rings. The number of benzene rings is 2. The average Bonchev–Trinajstić information content (AvgIpc) is 2.91. The Morgan fingerprint density at radius 3 is 2.33 bits per heavy atom. The van der Waals surface area contributed by atoms with Crippen molar-refractivity contribution >= 4 is 23.5 Å². The smallest absolute Gasteiger partial charge is 0.355 e. The van der Waals surface area contributed by atoms with Gasteiger partial charge in [0.15, 0.2) is 0 Å². The fourth-order valence-electron chi connectivity index (χ4n) is 4.73. The van der Waals surface area contributed by atoms with E-state index < -0.39 is 17.9 Å². The highest BCUT2D eigenvalue weighted by molar-refractivity contribution is 6.06. The Hall–Kier alpha value is -4.58. The van der Waals surface area contributed by atoms with E-state index in [9.17, 15) is 19.6 Å². The van der Waals surface area contributed by atoms with Gasteiger partial charge in [-0.25, -0.2) is 9.59 Å². The molecule has 9 nitrogen and oxygen atoms in total. The van der Waals surface area contributed by atoms with Crippen molar-refractivity contribution in [2.24, 2.45) is 5.73 Å². The Bertz CT molecular complexity index is 1340. The quantitative estimate of drug-likeness (QED) is 0.654. The highest BCUT2D eigenvalue weighted by Gasteiger charge is 2.43. The highest BCUT2D eigenvalue weighted by Crippen LogP contribution is 2.43. The Balaban J connectivity index is 1.97. The van der Waals surface area contributed by atoms with Crippen LogP contribution in [0, 0.1) is 11.3 Å². The van der Waals surface area contributed by atoms with Crippen molar-refractivity contribution < 1.29 is 23.9 Å². The van der Waals surface area contributed by atoms with Crippen molar-refractivity contribution in [2.75, 3.05) is 25.7 Å². The standard InChI is InChI=1S/C27H26N4O5/c1-16(32)30-12-11-17-9-10-20(13-19(17)15-30)31-24(27(34)36-3)23(26(33)35-2)22(21(14-28)25(31)29)18-7-5-4-6-8-18/h4-10,13,22H,11-12,15,29H2,1-3H3. The fourth-order valence-corrected chi connectivity index (χ4v) is 4.73. The molecule has 0 fully saturated rings. The number of nitriles is 1. The molecule has 0 aliphatic carbocycles. The van der Waals surface area contributed by atoms with Crippen LogP contribution in [0.25, 0.3) is 0 Å². The van der Waals surface area contributed by atoms with Gasteiger partial charge in [0.25, 0.3) is 0 Å². The molecular weight excluding hydrogens is 460 g/mol. The number of hydrogen-bond donors (Lipinski definition) is 1. The lowest BCUT2D eigenvalue weighted by molar-refractivity contribution is -0.139. The van der Waals surface area contributed by atoms with Gasteiger partial charge in [-0.2, -0.15) is 5.26 Å². The van der Waals surface area contributed by atoms with Gasteiger partial charge in [-0.1, -0.05) is 36.4 Å². The molecule has 0 aromatic heterocycles. The van der Waals surface area contributed by atoms with Crippen molar-refractivity contribution in [1.29, 1.82) is 5.26 Å². The van der Waals surface area contributed by atoms with Crippen LogP contribution in [0.5, 0.6) is 0 Å². The fraction of sp³-hybridized carbons (Fsp3) is 0.259. The van der Waals surface area contributed by atoms with Gasteiger partial charge in [0, 0.05) is 25.7 Å². The molecule has 4 rings (SSSR count). The zero-order valence-electron chi connectivity index (χ0n) is 20.3. The van der Waals surface area contributed by atoms with Crippen LogP contribution in [0.1, 0.15) is 29.5 Å². The summed E-state index contributed by atoms with van der Waals surface area (Å²) in [5.74, 6) is -2.56. The largest absolute Gasteiger partial charge is 0.466 e. The van der Waals surface area contributed by atoms with E-state index in [-0.39, 0.29) is 28.6 Å². The number of hydrogen-bond acceptors (Lipinski definition) is 8. The third kappa shape index (κ3) is 4.18. The van der Waals surface area contributed by atoms with E-state index in [0.717, 1.165) is 11.1 Å². The van der Waals surface area contributed by atoms with Crippen molar-refractivity contribution in [1.82, 2.24) is 4.90 Å². The van der Waals surface area contributed by atoms with Crippen molar-refractivity contribution in [3.05, 3.63) is 87.9 Å². The topological polar surface area (TPSA) is 126 Å². The maximum atomic E-state index is 13.2. The third-order valence-electron chi connectivity index (χ3n) is 6.52. The first kappa shape index (κ1) is 24.5. The first-order valence-corrected chi connectivity index (χ1v) is 11.3. The normalized spacial score (nSPS) is 17.3. The van der Waals surface area contributed by atoms with Crippen LogP contribution in [0.15, 0.2) is 71.2 Å². The summed E-state index contributed by atoms with van der Waals surface area (Å²) < 4.78 is 10.1. The molecule has 2 aliphatic heterocycles. The number of allylic oxidation sites excluding steroid dienone is 1. The summed E-state index contributed by atoms with van der Waals surface area (Å²) in [5, 5.41) is 10.2. The zero-order valence-corrected chi connectivity index (χ0v) is 20.3. The van der Waals surface area contributed by atoms with E-state index in [1.54, 1.807) is 41.3 Å². The van der Waals surface area contributed by atoms with Gasteiger partial charge in [0.2, 0.25) is 5.91 Å². The van der Waals surface area contributed by atoms with Crippen LogP contribution < -0.4 is 10.6 Å². The molecule has 2 N–H and O–H groups in total. The molecule has 1 atom stereocenters. The summed E-state index contributed by atoms with van der Waals surface area (Å²) in [5.41, 5.74) is 9.47. The summed E-state index contributed by atoms with van der Waals surface area (Å²) in [6.45, 7) is 2.53. The van der Waals surface area contributed by atoms with Gasteiger partial charge in [-0.3, -0.25) is 9.69 Å². The molecule has 1 unspecified atom stereocenters. The number of carbonyl (C=O) groups excluding carboxylic acids is 3. The molecule has 9 heteroatoms. The van der Waals surface area contributed by atoms with E-state index in [1.807, 2.05) is 12.1 Å². The van der Waals surface area contributed by atoms with Crippen LogP contribution >= 0.6 is 0 Å². The maximum Gasteiger partial charge on any atom is 0.355 e. The number of nitrogens with zero attached hydrogens (tertiary/aromatic N) is 3. The van der Waals surface area contributed by atoms with Gasteiger partial charge in [-0.05, 0) is 35.2 Å². The lowest BCUT2D eigenvalue weighted by Crippen LogP contribution is -2.41. The van der Waals surface area contributed by atoms with Gasteiger partial charge in [0.05, 0.1) is 37.4 Å². The molecule has 0 saturated carbocycles. The average molecular weight is 487 g/mol. The van der Waals surface area contributed by atoms with Crippen molar-refractivity contribution in [3.8, 4) is 6.07 Å². The summed E-state index contributed by atoms with van der Waals surface area (Å²) in [4.78, 5) is 41.4. The number of amides is 1. The summed E-state index contributed by atoms with van der Waals surface area (Å²) in [6, 6.07) is 16.5. The predicted molar refractivity (Wildman–Crippen MR) is 131 cm³/mol. The molecule has 2 aromatic carbocycles. The van der Waals surface area contributed by atoms with Crippen molar-refractivity contribution in [2.45, 2.75) is 25.8 Å². The number of rotatable bonds is 4. The molecular formula is C27H26N4O5. The molecule has 0 saturated heterocycles. The van der Waals surface area contributed by atoms with Crippen LogP contribution in [0.3, 0.4) is 0 Å². The highest BCUT2D eigenvalue weighted by atomic mass is 16.5. The number of esters is 2. The Morgan fingerprint density at radius 1 is 1.03 bits per heavy atom. The first-order chi connectivity index (χ1) is 17.3. The number of methoxy groups -OCH3 is 2. The maximum absolute atomic E-state index is 13.2. The number of nitrogens with two attached hydrogens (primary N) is 1. The van der Waals surface area contributed by atoms with Gasteiger partial charge in [0.1, 0.15) is 11.5 Å². The van der Waals surface area contributed by atoms with E-state index in [1.165, 1.54) is 26.0 Å². The lowest BCUT2D eigenvalue weighted by Gasteiger charge is -2.36. The second-order valence-electron chi connectivity index (χ2n) is 8.48. The van der Waals surface area contributed by atoms with Crippen LogP contribution in [-0.2, 0) is 36.8 Å². The SMILES string of the molecule is COC(=O)C1=C(C(=O)OC)N(c2ccc3c(c2)CN(C(C)=O)CC3)C(N)=C(C#N)C1c1ccccc1. The molecule has 0 bridgehead atoms. The Morgan fingerprint density at radius 2 is 1.72 bits per heavy atom. The number of ether oxygens (including phenoxy) is 2. The predicted octanol–water partition coefficient (Wildman–Crippen LogP) is 2.49. The number of carbonyl (C=O) groups is 3. The minimum absolute atomic E-state index is 0.00131. The molecule has 36 heavy (non-hydrogen) atoms. The van der Waals surface area contributed by atoms with E-state index in [0.29, 0.717) is 30.8 Å². The Kier molecular flexibility index (Phi) is 6.79. The van der Waals surface area contributed by atoms with Crippen LogP contribution in [0.2, 0.25) is 0 Å². The number of fused-ring (bicyclic) bond motifs is 1. The minimum atomic E-state index is -0.931. The van der Waals surface area contributed by atoms with Crippen molar-refractivity contribution in [3.63, 3.8) is 0 Å². The summed E-state index contributed by atoms with van der Waals surface area (Å²) >= 11 is 0. The minimum Gasteiger partial charge on any atom is -0.466 e. The van der Waals surface area contributed by atoms with Gasteiger partial charge in [-0.15, -0.1) is 0 Å². The molecule has 2 heterocycles. The van der Waals surface area contributed by atoms with E-state index >= 15 is 0 Å². The first-order valence-electron chi connectivity index (χ1n) is 11.3. The number of anilines is 1. The molecule has 0 radical (unpaired) electrons. The third-order valence-corrected chi connectivity index (χ3v) is 6.52. The second-order valence-corrected chi connectivity index (χ2v) is 8.48. The summed E-state index contributed by atoms with van der Waals surface area (Å²) in [7, 11) is 2.41. The zero-order chi connectivity index (χ0) is 26.0. The van der Waals surface area contributed by atoms with Crippen LogP contribution in [-0.4, -0.2) is 43.5 Å². The van der Waals surface area contributed by atoms with E-state index in [4.69, 9.17) is 15.2 Å². The molecule has 1 amide bonds. The molecule has 0 spiro atoms. The molecule has 2 aliphatic rings. The van der Waals surface area contributed by atoms with Gasteiger partial charge >= 0.3 is 11.9 Å². The monoisotopic (exact) mass is 486 g/mol. The van der Waals surface area contributed by atoms with Gasteiger partial charge < -0.3 is 20.1 Å². The Labute approximate surface area is 209 Å². The van der Waals surface area contributed by atoms with E-state index in [2.05, 4.69) is 6.07 Å². The lowest BCUT2D eigenvalue weighted by atomic mass is 9.81. The van der Waals surface area contributed by atoms with Crippen LogP contribution in [0.4, 0.5) is 5.69 Å².